The summed E-state index contributed by atoms with van der Waals surface area (Å²) in [5.74, 6) is -2.09. The summed E-state index contributed by atoms with van der Waals surface area (Å²) in [7, 11) is 4.03. The molecule has 1 heterocycles. The topological polar surface area (TPSA) is 48.1 Å². The third-order valence-corrected chi connectivity index (χ3v) is 4.36. The molecule has 136 valence electrons. The Morgan fingerprint density at radius 2 is 1.92 bits per heavy atom. The lowest BCUT2D eigenvalue weighted by molar-refractivity contribution is 0.102. The fourth-order valence-electron chi connectivity index (χ4n) is 2.99. The summed E-state index contributed by atoms with van der Waals surface area (Å²) in [5, 5.41) is 3.67. The van der Waals surface area contributed by atoms with Crippen LogP contribution in [0.2, 0.25) is 0 Å². The fraction of sp³-hybridized carbons (Fsp3) is 0.250. The number of fused-ring (bicyclic) bond motifs is 1. The Balaban J connectivity index is 1.89. The molecular formula is C20H21F2N3O. The highest BCUT2D eigenvalue weighted by molar-refractivity contribution is 6.05. The van der Waals surface area contributed by atoms with Gasteiger partial charge in [-0.1, -0.05) is 0 Å². The second-order valence-electron chi connectivity index (χ2n) is 6.62. The summed E-state index contributed by atoms with van der Waals surface area (Å²) in [5.41, 5.74) is 3.47. The summed E-state index contributed by atoms with van der Waals surface area (Å²) in [4.78, 5) is 17.7. The van der Waals surface area contributed by atoms with Crippen molar-refractivity contribution in [2.75, 3.05) is 26.0 Å². The average Bonchev–Trinajstić information content (AvgIpc) is 2.89. The van der Waals surface area contributed by atoms with Crippen molar-refractivity contribution in [1.82, 2.24) is 9.88 Å². The molecule has 1 aromatic heterocycles. The fourth-order valence-corrected chi connectivity index (χ4v) is 2.99. The molecule has 0 radical (unpaired) electrons. The van der Waals surface area contributed by atoms with Gasteiger partial charge in [-0.05, 0) is 69.4 Å². The molecule has 0 spiro atoms. The van der Waals surface area contributed by atoms with E-state index in [9.17, 15) is 13.6 Å². The van der Waals surface area contributed by atoms with Crippen LogP contribution in [0.25, 0.3) is 10.9 Å². The zero-order valence-electron chi connectivity index (χ0n) is 15.0. The molecule has 3 rings (SSSR count). The largest absolute Gasteiger partial charge is 0.358 e. The minimum atomic E-state index is -0.755. The SMILES string of the molecule is Cc1[nH]c2ccc(NC(=O)c3cc(F)ccc3F)cc2c1CCN(C)C. The second kappa shape index (κ2) is 7.25. The predicted octanol–water partition coefficient (Wildman–Crippen LogP) is 4.11. The lowest BCUT2D eigenvalue weighted by Gasteiger charge is -2.10. The first-order chi connectivity index (χ1) is 12.3. The molecule has 0 aliphatic carbocycles. The van der Waals surface area contributed by atoms with Crippen LogP contribution in [0.5, 0.6) is 0 Å². The second-order valence-corrected chi connectivity index (χ2v) is 6.62. The van der Waals surface area contributed by atoms with Crippen LogP contribution in [0, 0.1) is 18.6 Å². The van der Waals surface area contributed by atoms with Crippen LogP contribution in [0.4, 0.5) is 14.5 Å². The van der Waals surface area contributed by atoms with Crippen LogP contribution in [-0.2, 0) is 6.42 Å². The number of carbonyl (C=O) groups excluding carboxylic acids is 1. The van der Waals surface area contributed by atoms with Gasteiger partial charge in [0, 0.05) is 28.8 Å². The number of benzene rings is 2. The van der Waals surface area contributed by atoms with Gasteiger partial charge in [0.05, 0.1) is 5.56 Å². The maximum Gasteiger partial charge on any atom is 0.258 e. The Hall–Kier alpha value is -2.73. The molecule has 0 saturated carbocycles. The van der Waals surface area contributed by atoms with Crippen molar-refractivity contribution in [3.05, 3.63) is 64.9 Å². The number of amides is 1. The number of likely N-dealkylation sites (N-methyl/N-ethyl adjacent to an activating group) is 1. The Kier molecular flexibility index (Phi) is 5.04. The quantitative estimate of drug-likeness (QED) is 0.722. The minimum absolute atomic E-state index is 0.317. The van der Waals surface area contributed by atoms with Crippen LogP contribution >= 0.6 is 0 Å². The maximum absolute atomic E-state index is 13.8. The molecule has 26 heavy (non-hydrogen) atoms. The zero-order chi connectivity index (χ0) is 18.8. The predicted molar refractivity (Wildman–Crippen MR) is 99.6 cm³/mol. The number of aromatic amines is 1. The lowest BCUT2D eigenvalue weighted by Crippen LogP contribution is -2.15. The van der Waals surface area contributed by atoms with E-state index in [2.05, 4.69) is 15.2 Å². The number of aryl methyl sites for hydroxylation is 1. The number of hydrogen-bond donors (Lipinski definition) is 2. The molecule has 0 fully saturated rings. The normalized spacial score (nSPS) is 11.3. The summed E-state index contributed by atoms with van der Waals surface area (Å²) in [6, 6.07) is 8.30. The highest BCUT2D eigenvalue weighted by atomic mass is 19.1. The minimum Gasteiger partial charge on any atom is -0.358 e. The molecule has 2 aromatic carbocycles. The molecule has 0 bridgehead atoms. The molecule has 4 nitrogen and oxygen atoms in total. The van der Waals surface area contributed by atoms with Crippen molar-refractivity contribution >= 4 is 22.5 Å². The number of nitrogens with zero attached hydrogens (tertiary/aromatic N) is 1. The van der Waals surface area contributed by atoms with Gasteiger partial charge >= 0.3 is 0 Å². The molecule has 2 N–H and O–H groups in total. The summed E-state index contributed by atoms with van der Waals surface area (Å²) < 4.78 is 27.1. The molecular weight excluding hydrogens is 336 g/mol. The van der Waals surface area contributed by atoms with Crippen molar-refractivity contribution in [3.63, 3.8) is 0 Å². The number of H-pyrrole nitrogens is 1. The van der Waals surface area contributed by atoms with Crippen molar-refractivity contribution < 1.29 is 13.6 Å². The summed E-state index contributed by atoms with van der Waals surface area (Å²) in [6.45, 7) is 2.92. The monoisotopic (exact) mass is 357 g/mol. The Labute approximate surface area is 150 Å². The van der Waals surface area contributed by atoms with Gasteiger partial charge < -0.3 is 15.2 Å². The van der Waals surface area contributed by atoms with Gasteiger partial charge in [-0.15, -0.1) is 0 Å². The van der Waals surface area contributed by atoms with Gasteiger partial charge in [-0.2, -0.15) is 0 Å². The van der Waals surface area contributed by atoms with Gasteiger partial charge in [0.1, 0.15) is 11.6 Å². The van der Waals surface area contributed by atoms with Crippen LogP contribution < -0.4 is 5.32 Å². The molecule has 0 aliphatic rings. The maximum atomic E-state index is 13.8. The highest BCUT2D eigenvalue weighted by Crippen LogP contribution is 2.26. The lowest BCUT2D eigenvalue weighted by atomic mass is 10.1. The van der Waals surface area contributed by atoms with Crippen molar-refractivity contribution in [1.29, 1.82) is 0 Å². The molecule has 0 unspecified atom stereocenters. The van der Waals surface area contributed by atoms with Gasteiger partial charge in [0.15, 0.2) is 0 Å². The number of aromatic nitrogens is 1. The van der Waals surface area contributed by atoms with Crippen LogP contribution in [0.15, 0.2) is 36.4 Å². The Morgan fingerprint density at radius 3 is 2.65 bits per heavy atom. The van der Waals surface area contributed by atoms with E-state index in [-0.39, 0.29) is 5.56 Å². The van der Waals surface area contributed by atoms with Gasteiger partial charge in [-0.3, -0.25) is 4.79 Å². The van der Waals surface area contributed by atoms with Gasteiger partial charge in [0.25, 0.3) is 5.91 Å². The summed E-state index contributed by atoms with van der Waals surface area (Å²) >= 11 is 0. The number of nitrogens with one attached hydrogen (secondary N) is 2. The molecule has 1 amide bonds. The molecule has 3 aromatic rings. The van der Waals surface area contributed by atoms with Crippen molar-refractivity contribution in [3.8, 4) is 0 Å². The van der Waals surface area contributed by atoms with Crippen LogP contribution in [0.3, 0.4) is 0 Å². The van der Waals surface area contributed by atoms with E-state index >= 15 is 0 Å². The van der Waals surface area contributed by atoms with E-state index in [1.54, 1.807) is 6.07 Å². The summed E-state index contributed by atoms with van der Waals surface area (Å²) in [6.07, 6.45) is 0.870. The van der Waals surface area contributed by atoms with E-state index in [1.165, 1.54) is 5.56 Å². The van der Waals surface area contributed by atoms with Gasteiger partial charge in [0.2, 0.25) is 0 Å². The van der Waals surface area contributed by atoms with Crippen LogP contribution in [-0.4, -0.2) is 36.4 Å². The number of rotatable bonds is 5. The van der Waals surface area contributed by atoms with Crippen molar-refractivity contribution in [2.45, 2.75) is 13.3 Å². The van der Waals surface area contributed by atoms with E-state index in [1.807, 2.05) is 33.2 Å². The molecule has 0 aliphatic heterocycles. The number of carbonyl (C=O) groups is 1. The van der Waals surface area contributed by atoms with Gasteiger partial charge in [-0.25, -0.2) is 8.78 Å². The van der Waals surface area contributed by atoms with Crippen molar-refractivity contribution in [2.24, 2.45) is 0 Å². The van der Waals surface area contributed by atoms with E-state index in [4.69, 9.17) is 0 Å². The average molecular weight is 357 g/mol. The third-order valence-electron chi connectivity index (χ3n) is 4.36. The first-order valence-corrected chi connectivity index (χ1v) is 8.37. The van der Waals surface area contributed by atoms with E-state index < -0.39 is 17.5 Å². The Bertz CT molecular complexity index is 963. The van der Waals surface area contributed by atoms with E-state index in [0.29, 0.717) is 5.69 Å². The first kappa shape index (κ1) is 18.1. The van der Waals surface area contributed by atoms with E-state index in [0.717, 1.165) is 47.8 Å². The Morgan fingerprint density at radius 1 is 1.15 bits per heavy atom. The third kappa shape index (κ3) is 3.75. The highest BCUT2D eigenvalue weighted by Gasteiger charge is 2.15. The standard InChI is InChI=1S/C20H21F2N3O/c1-12-15(8-9-25(2)3)16-11-14(5-7-19(16)23-12)24-20(26)17-10-13(21)4-6-18(17)22/h4-7,10-11,23H,8-9H2,1-3H3,(H,24,26). The zero-order valence-corrected chi connectivity index (χ0v) is 15.0. The van der Waals surface area contributed by atoms with Crippen LogP contribution in [0.1, 0.15) is 21.6 Å². The smallest absolute Gasteiger partial charge is 0.258 e. The number of hydrogen-bond acceptors (Lipinski definition) is 2. The number of anilines is 1. The number of halogens is 2. The first-order valence-electron chi connectivity index (χ1n) is 8.37. The molecule has 6 heteroatoms. The molecule has 0 atom stereocenters. The molecule has 0 saturated heterocycles.